The number of nitrogens with one attached hydrogen (secondary N) is 2. The third-order valence-electron chi connectivity index (χ3n) is 2.65. The predicted octanol–water partition coefficient (Wildman–Crippen LogP) is 2.33. The molecule has 0 saturated heterocycles. The van der Waals surface area contributed by atoms with Crippen LogP contribution in [0.2, 0.25) is 0 Å². The molecule has 3 nitrogen and oxygen atoms in total. The van der Waals surface area contributed by atoms with Crippen molar-refractivity contribution >= 4 is 30.1 Å². The molecule has 2 aliphatic rings. The smallest absolute Gasteiger partial charge is 0.146 e. The molecule has 2 rings (SSSR count). The highest BCUT2D eigenvalue weighted by molar-refractivity contribution is 8.07. The van der Waals surface area contributed by atoms with Crippen LogP contribution in [0.3, 0.4) is 0 Å². The van der Waals surface area contributed by atoms with Gasteiger partial charge >= 0.3 is 0 Å². The van der Waals surface area contributed by atoms with Crippen molar-refractivity contribution in [3.05, 3.63) is 11.6 Å². The molecule has 17 heavy (non-hydrogen) atoms. The van der Waals surface area contributed by atoms with Crippen LogP contribution in [-0.4, -0.2) is 24.2 Å². The standard InChI is InChI=1S/C12H17N3S2/c1-2-3-4-8-16-12(10-14-17-15-12)11-6-5-7-13-9-11/h6,10,13,15H,2-3,5,7,9H2,1H3. The molecule has 2 N–H and O–H groups in total. The minimum Gasteiger partial charge on any atom is -0.313 e. The molecule has 0 spiro atoms. The molecule has 1 unspecified atom stereocenters. The maximum atomic E-state index is 4.23. The molecular weight excluding hydrogens is 250 g/mol. The highest BCUT2D eigenvalue weighted by Crippen LogP contribution is 2.35. The first-order valence-corrected chi connectivity index (χ1v) is 7.50. The van der Waals surface area contributed by atoms with E-state index in [0.29, 0.717) is 0 Å². The summed E-state index contributed by atoms with van der Waals surface area (Å²) in [7, 11) is 0. The molecule has 0 aromatic rings. The SMILES string of the molecule is CCCC#CSC1(C2=CCCNC2)C=NSN1. The molecule has 0 radical (unpaired) electrons. The van der Waals surface area contributed by atoms with Gasteiger partial charge in [-0.25, -0.2) is 9.12 Å². The van der Waals surface area contributed by atoms with Gasteiger partial charge in [0.05, 0.1) is 18.3 Å². The fourth-order valence-electron chi connectivity index (χ4n) is 1.70. The molecular formula is C12H17N3S2. The third-order valence-corrected chi connectivity index (χ3v) is 4.44. The van der Waals surface area contributed by atoms with E-state index < -0.39 is 0 Å². The minimum atomic E-state index is -0.223. The summed E-state index contributed by atoms with van der Waals surface area (Å²) in [6.45, 7) is 4.13. The first-order valence-electron chi connectivity index (χ1n) is 5.91. The Kier molecular flexibility index (Phi) is 4.99. The first kappa shape index (κ1) is 13.0. The van der Waals surface area contributed by atoms with E-state index in [1.807, 2.05) is 6.21 Å². The van der Waals surface area contributed by atoms with E-state index in [2.05, 4.69) is 38.6 Å². The number of hydrogen-bond acceptors (Lipinski definition) is 5. The lowest BCUT2D eigenvalue weighted by molar-refractivity contribution is 0.664. The van der Waals surface area contributed by atoms with Crippen molar-refractivity contribution < 1.29 is 0 Å². The van der Waals surface area contributed by atoms with Crippen molar-refractivity contribution in [3.63, 3.8) is 0 Å². The lowest BCUT2D eigenvalue weighted by atomic mass is 10.0. The van der Waals surface area contributed by atoms with Crippen LogP contribution in [0, 0.1) is 11.2 Å². The van der Waals surface area contributed by atoms with Crippen molar-refractivity contribution in [1.82, 2.24) is 10.0 Å². The quantitative estimate of drug-likeness (QED) is 0.467. The van der Waals surface area contributed by atoms with E-state index in [0.717, 1.165) is 32.4 Å². The van der Waals surface area contributed by atoms with Gasteiger partial charge in [-0.15, -0.1) is 0 Å². The van der Waals surface area contributed by atoms with Gasteiger partial charge < -0.3 is 5.32 Å². The Morgan fingerprint density at radius 2 is 2.59 bits per heavy atom. The Morgan fingerprint density at radius 3 is 3.24 bits per heavy atom. The maximum absolute atomic E-state index is 4.23. The van der Waals surface area contributed by atoms with E-state index in [1.54, 1.807) is 11.8 Å². The molecule has 0 aromatic carbocycles. The number of nitrogens with zero attached hydrogens (tertiary/aromatic N) is 1. The highest BCUT2D eigenvalue weighted by atomic mass is 32.2. The fraction of sp³-hybridized carbons (Fsp3) is 0.583. The van der Waals surface area contributed by atoms with Crippen LogP contribution < -0.4 is 10.0 Å². The lowest BCUT2D eigenvalue weighted by Gasteiger charge is -2.28. The zero-order valence-electron chi connectivity index (χ0n) is 9.95. The molecule has 2 heterocycles. The van der Waals surface area contributed by atoms with Crippen molar-refractivity contribution in [2.75, 3.05) is 13.1 Å². The van der Waals surface area contributed by atoms with Crippen LogP contribution in [0.15, 0.2) is 16.0 Å². The summed E-state index contributed by atoms with van der Waals surface area (Å²) in [6, 6.07) is 0. The number of unbranched alkanes of at least 4 members (excludes halogenated alkanes) is 1. The molecule has 0 aromatic heterocycles. The average molecular weight is 267 g/mol. The van der Waals surface area contributed by atoms with Gasteiger partial charge in [-0.2, -0.15) is 0 Å². The number of thioether (sulfide) groups is 1. The summed E-state index contributed by atoms with van der Waals surface area (Å²) in [6.07, 6.45) is 7.43. The minimum absolute atomic E-state index is 0.223. The van der Waals surface area contributed by atoms with Crippen LogP contribution in [0.4, 0.5) is 0 Å². The Labute approximate surface area is 112 Å². The zero-order chi connectivity index (χ0) is 12.0. The van der Waals surface area contributed by atoms with E-state index in [1.165, 1.54) is 17.7 Å². The van der Waals surface area contributed by atoms with Gasteiger partial charge in [-0.3, -0.25) is 0 Å². The summed E-state index contributed by atoms with van der Waals surface area (Å²) < 4.78 is 7.60. The third kappa shape index (κ3) is 3.29. The second-order valence-corrected chi connectivity index (χ2v) is 5.64. The monoisotopic (exact) mass is 267 g/mol. The van der Waals surface area contributed by atoms with Gasteiger partial charge in [0.2, 0.25) is 0 Å². The van der Waals surface area contributed by atoms with Crippen molar-refractivity contribution in [2.24, 2.45) is 4.40 Å². The summed E-state index contributed by atoms with van der Waals surface area (Å²) in [4.78, 5) is -0.223. The second kappa shape index (κ2) is 6.50. The normalized spacial score (nSPS) is 27.5. The van der Waals surface area contributed by atoms with Crippen molar-refractivity contribution in [2.45, 2.75) is 31.1 Å². The Hall–Kier alpha value is -0.410. The van der Waals surface area contributed by atoms with Gasteiger partial charge in [0.15, 0.2) is 0 Å². The van der Waals surface area contributed by atoms with Crippen LogP contribution in [0.5, 0.6) is 0 Å². The van der Waals surface area contributed by atoms with E-state index >= 15 is 0 Å². The van der Waals surface area contributed by atoms with Crippen molar-refractivity contribution in [3.8, 4) is 11.2 Å². The Morgan fingerprint density at radius 1 is 1.65 bits per heavy atom. The maximum Gasteiger partial charge on any atom is 0.146 e. The van der Waals surface area contributed by atoms with Crippen LogP contribution >= 0.6 is 23.9 Å². The van der Waals surface area contributed by atoms with Crippen LogP contribution in [0.1, 0.15) is 26.2 Å². The largest absolute Gasteiger partial charge is 0.313 e. The van der Waals surface area contributed by atoms with Crippen LogP contribution in [-0.2, 0) is 0 Å². The summed E-state index contributed by atoms with van der Waals surface area (Å²) in [5.74, 6) is 3.18. The number of rotatable bonds is 3. The predicted molar refractivity (Wildman–Crippen MR) is 77.8 cm³/mol. The molecule has 0 aliphatic carbocycles. The molecule has 1 atom stereocenters. The molecule has 0 fully saturated rings. The molecule has 0 saturated carbocycles. The van der Waals surface area contributed by atoms with E-state index in [4.69, 9.17) is 0 Å². The molecule has 5 heteroatoms. The van der Waals surface area contributed by atoms with Gasteiger partial charge in [-0.05, 0) is 42.0 Å². The summed E-state index contributed by atoms with van der Waals surface area (Å²) in [5, 5.41) is 6.59. The number of hydrogen-bond donors (Lipinski definition) is 2. The molecule has 0 bridgehead atoms. The van der Waals surface area contributed by atoms with Crippen LogP contribution in [0.25, 0.3) is 0 Å². The van der Waals surface area contributed by atoms with Gasteiger partial charge in [0.25, 0.3) is 0 Å². The molecule has 0 amide bonds. The average Bonchev–Trinajstić information content (AvgIpc) is 2.86. The molecule has 2 aliphatic heterocycles. The molecule has 92 valence electrons. The van der Waals surface area contributed by atoms with Gasteiger partial charge in [0.1, 0.15) is 4.87 Å². The van der Waals surface area contributed by atoms with E-state index in [9.17, 15) is 0 Å². The highest BCUT2D eigenvalue weighted by Gasteiger charge is 2.36. The summed E-state index contributed by atoms with van der Waals surface area (Å²) in [5.41, 5.74) is 1.34. The fourth-order valence-corrected chi connectivity index (χ4v) is 3.36. The lowest BCUT2D eigenvalue weighted by Crippen LogP contribution is -2.43. The Bertz CT molecular complexity index is 381. The summed E-state index contributed by atoms with van der Waals surface area (Å²) >= 11 is 3.03. The van der Waals surface area contributed by atoms with Gasteiger partial charge in [-0.1, -0.05) is 18.9 Å². The van der Waals surface area contributed by atoms with Crippen molar-refractivity contribution in [1.29, 1.82) is 0 Å². The zero-order valence-corrected chi connectivity index (χ0v) is 11.6. The first-order chi connectivity index (χ1) is 8.37. The Balaban J connectivity index is 2.07. The topological polar surface area (TPSA) is 36.4 Å². The van der Waals surface area contributed by atoms with Gasteiger partial charge in [0, 0.05) is 13.0 Å². The second-order valence-electron chi connectivity index (χ2n) is 3.99. The van der Waals surface area contributed by atoms with E-state index in [-0.39, 0.29) is 4.87 Å².